The second-order valence-electron chi connectivity index (χ2n) is 4.03. The van der Waals surface area contributed by atoms with Crippen molar-refractivity contribution in [2.45, 2.75) is 4.90 Å². The number of phenols is 1. The lowest BCUT2D eigenvalue weighted by Crippen LogP contribution is -1.97. The molecule has 0 aromatic heterocycles. The summed E-state index contributed by atoms with van der Waals surface area (Å²) in [5, 5.41) is 20.0. The Hall–Kier alpha value is -2.74. The van der Waals surface area contributed by atoms with Crippen molar-refractivity contribution < 1.29 is 18.4 Å². The van der Waals surface area contributed by atoms with Gasteiger partial charge in [0.15, 0.2) is 5.75 Å². The van der Waals surface area contributed by atoms with E-state index in [0.717, 1.165) is 18.3 Å². The van der Waals surface area contributed by atoms with E-state index in [1.54, 1.807) is 18.2 Å². The third-order valence-electron chi connectivity index (χ3n) is 2.58. The van der Waals surface area contributed by atoms with Crippen molar-refractivity contribution in [3.63, 3.8) is 0 Å². The molecule has 2 rings (SSSR count). The first-order valence-corrected chi connectivity index (χ1v) is 7.17. The molecule has 0 unspecified atom stereocenters. The highest BCUT2D eigenvalue weighted by Gasteiger charge is 2.14. The van der Waals surface area contributed by atoms with E-state index < -0.39 is 26.4 Å². The van der Waals surface area contributed by atoms with Crippen LogP contribution in [0.15, 0.2) is 57.8 Å². The van der Waals surface area contributed by atoms with Gasteiger partial charge in [-0.15, -0.1) is 0 Å². The molecule has 0 aliphatic heterocycles. The Morgan fingerprint density at radius 2 is 1.81 bits per heavy atom. The van der Waals surface area contributed by atoms with Crippen LogP contribution in [0.5, 0.6) is 5.75 Å². The predicted molar refractivity (Wildman–Crippen MR) is 76.0 cm³/mol. The molecule has 0 saturated heterocycles. The van der Waals surface area contributed by atoms with Gasteiger partial charge in [-0.25, -0.2) is 0 Å². The second kappa shape index (κ2) is 5.71. The number of sulfonamides is 1. The number of aromatic hydroxyl groups is 1. The third-order valence-corrected chi connectivity index (χ3v) is 3.83. The molecule has 21 heavy (non-hydrogen) atoms. The number of nitrogens with zero attached hydrogens (tertiary/aromatic N) is 2. The largest absolute Gasteiger partial charge is 0.502 e. The van der Waals surface area contributed by atoms with Gasteiger partial charge in [0.2, 0.25) is 0 Å². The molecule has 8 heteroatoms. The minimum absolute atomic E-state index is 0.0227. The van der Waals surface area contributed by atoms with Crippen LogP contribution in [0.3, 0.4) is 0 Å². The predicted octanol–water partition coefficient (Wildman–Crippen LogP) is 2.11. The quantitative estimate of drug-likeness (QED) is 0.528. The van der Waals surface area contributed by atoms with Crippen LogP contribution in [0.25, 0.3) is 0 Å². The number of rotatable bonds is 4. The highest BCUT2D eigenvalue weighted by atomic mass is 32.2. The van der Waals surface area contributed by atoms with Gasteiger partial charge in [0, 0.05) is 17.8 Å². The lowest BCUT2D eigenvalue weighted by molar-refractivity contribution is -0.385. The highest BCUT2D eigenvalue weighted by Crippen LogP contribution is 2.25. The Bertz CT molecular complexity index is 801. The van der Waals surface area contributed by atoms with Gasteiger partial charge in [0.05, 0.1) is 9.82 Å². The minimum Gasteiger partial charge on any atom is -0.502 e. The van der Waals surface area contributed by atoms with Gasteiger partial charge < -0.3 is 5.11 Å². The van der Waals surface area contributed by atoms with Gasteiger partial charge in [-0.1, -0.05) is 18.2 Å². The molecular weight excluding hydrogens is 296 g/mol. The Balaban J connectivity index is 2.34. The summed E-state index contributed by atoms with van der Waals surface area (Å²) in [7, 11) is -3.86. The molecule has 0 radical (unpaired) electrons. The standard InChI is InChI=1S/C13H10N2O5S/c16-13-7-6-10(8-12(13)15(17)18)9-14-21(19,20)11-4-2-1-3-5-11/h1-9,16H/b14-9-. The van der Waals surface area contributed by atoms with Crippen molar-refractivity contribution >= 4 is 21.9 Å². The molecule has 0 aliphatic carbocycles. The van der Waals surface area contributed by atoms with Crippen LogP contribution >= 0.6 is 0 Å². The fraction of sp³-hybridized carbons (Fsp3) is 0. The smallest absolute Gasteiger partial charge is 0.311 e. The van der Waals surface area contributed by atoms with Crippen LogP contribution in [-0.4, -0.2) is 24.7 Å². The van der Waals surface area contributed by atoms with Gasteiger partial charge in [-0.05, 0) is 24.3 Å². The number of hydrogen-bond donors (Lipinski definition) is 1. The second-order valence-corrected chi connectivity index (χ2v) is 5.66. The first kappa shape index (κ1) is 14.7. The average Bonchev–Trinajstić information content (AvgIpc) is 2.47. The van der Waals surface area contributed by atoms with Crippen molar-refractivity contribution in [3.8, 4) is 5.75 Å². The number of hydrogen-bond acceptors (Lipinski definition) is 5. The van der Waals surface area contributed by atoms with E-state index in [1.807, 2.05) is 0 Å². The molecule has 0 fully saturated rings. The van der Waals surface area contributed by atoms with Crippen LogP contribution < -0.4 is 0 Å². The van der Waals surface area contributed by atoms with Gasteiger partial charge >= 0.3 is 5.69 Å². The summed E-state index contributed by atoms with van der Waals surface area (Å²) in [5.41, 5.74) is -0.324. The van der Waals surface area contributed by atoms with E-state index in [-0.39, 0.29) is 10.5 Å². The lowest BCUT2D eigenvalue weighted by atomic mass is 10.2. The molecule has 0 bridgehead atoms. The third kappa shape index (κ3) is 3.42. The lowest BCUT2D eigenvalue weighted by Gasteiger charge is -1.99. The van der Waals surface area contributed by atoms with E-state index in [4.69, 9.17) is 0 Å². The Morgan fingerprint density at radius 1 is 1.14 bits per heavy atom. The summed E-state index contributed by atoms with van der Waals surface area (Å²) >= 11 is 0. The maximum atomic E-state index is 11.9. The molecule has 0 amide bonds. The summed E-state index contributed by atoms with van der Waals surface area (Å²) in [5.74, 6) is -0.497. The molecule has 2 aromatic rings. The molecule has 108 valence electrons. The molecule has 2 aromatic carbocycles. The van der Waals surface area contributed by atoms with Gasteiger partial charge in [-0.2, -0.15) is 12.8 Å². The summed E-state index contributed by atoms with van der Waals surface area (Å²) in [4.78, 5) is 9.94. The zero-order valence-corrected chi connectivity index (χ0v) is 11.4. The van der Waals surface area contributed by atoms with Gasteiger partial charge in [0.1, 0.15) is 0 Å². The van der Waals surface area contributed by atoms with E-state index in [0.29, 0.717) is 0 Å². The highest BCUT2D eigenvalue weighted by molar-refractivity contribution is 7.90. The van der Waals surface area contributed by atoms with Crippen molar-refractivity contribution in [1.29, 1.82) is 0 Å². The molecule has 0 atom stereocenters. The van der Waals surface area contributed by atoms with Crippen LogP contribution in [0.4, 0.5) is 5.69 Å². The Kier molecular flexibility index (Phi) is 3.99. The Labute approximate surface area is 120 Å². The first-order valence-electron chi connectivity index (χ1n) is 5.73. The first-order chi connectivity index (χ1) is 9.90. The van der Waals surface area contributed by atoms with Crippen LogP contribution in [0.2, 0.25) is 0 Å². The average molecular weight is 306 g/mol. The monoisotopic (exact) mass is 306 g/mol. The SMILES string of the molecule is O=[N+]([O-])c1cc(/C=N\S(=O)(=O)c2ccccc2)ccc1O. The summed E-state index contributed by atoms with van der Waals surface area (Å²) < 4.78 is 27.3. The normalized spacial score (nSPS) is 11.6. The number of nitro benzene ring substituents is 1. The molecule has 0 aliphatic rings. The molecular formula is C13H10N2O5S. The topological polar surface area (TPSA) is 110 Å². The van der Waals surface area contributed by atoms with Crippen molar-refractivity contribution in [2.24, 2.45) is 4.40 Å². The zero-order valence-electron chi connectivity index (χ0n) is 10.6. The van der Waals surface area contributed by atoms with E-state index in [9.17, 15) is 23.6 Å². The zero-order chi connectivity index (χ0) is 15.5. The summed E-state index contributed by atoms with van der Waals surface area (Å²) in [6.07, 6.45) is 0.995. The maximum absolute atomic E-state index is 11.9. The molecule has 0 heterocycles. The summed E-state index contributed by atoms with van der Waals surface area (Å²) in [6, 6.07) is 11.1. The minimum atomic E-state index is -3.86. The van der Waals surface area contributed by atoms with E-state index in [2.05, 4.69) is 4.40 Å². The number of nitro groups is 1. The van der Waals surface area contributed by atoms with Crippen LogP contribution in [0, 0.1) is 10.1 Å². The van der Waals surface area contributed by atoms with Gasteiger partial charge in [0.25, 0.3) is 10.0 Å². The molecule has 0 spiro atoms. The Morgan fingerprint density at radius 3 is 2.43 bits per heavy atom. The maximum Gasteiger partial charge on any atom is 0.311 e. The van der Waals surface area contributed by atoms with E-state index >= 15 is 0 Å². The van der Waals surface area contributed by atoms with E-state index in [1.165, 1.54) is 18.2 Å². The summed E-state index contributed by atoms with van der Waals surface area (Å²) in [6.45, 7) is 0. The van der Waals surface area contributed by atoms with Crippen molar-refractivity contribution in [1.82, 2.24) is 0 Å². The van der Waals surface area contributed by atoms with Gasteiger partial charge in [-0.3, -0.25) is 10.1 Å². The van der Waals surface area contributed by atoms with Crippen molar-refractivity contribution in [2.75, 3.05) is 0 Å². The fourth-order valence-corrected chi connectivity index (χ4v) is 2.43. The van der Waals surface area contributed by atoms with Crippen molar-refractivity contribution in [3.05, 3.63) is 64.2 Å². The number of phenolic OH excluding ortho intramolecular Hbond substituents is 1. The molecule has 0 saturated carbocycles. The molecule has 1 N–H and O–H groups in total. The molecule has 7 nitrogen and oxygen atoms in total. The number of benzene rings is 2. The van der Waals surface area contributed by atoms with Crippen LogP contribution in [-0.2, 0) is 10.0 Å². The van der Waals surface area contributed by atoms with Crippen LogP contribution in [0.1, 0.15) is 5.56 Å². The fourth-order valence-electron chi connectivity index (χ4n) is 1.55.